The van der Waals surface area contributed by atoms with Gasteiger partial charge in [0, 0.05) is 46.6 Å². The number of carbonyl (C=O) groups is 1. The standard InChI is InChI=1S/C21H30F2N4O4S/c1-25-18-7-6-16(32(29,30)27-10-4-3-5-11-27)14-17(18)24-20(25)8-9-21(28)26(12-13-31-2)15-19(22)23/h6-7,14,19H,3-5,8-13,15H2,1-2H3. The third-order valence-corrected chi connectivity index (χ3v) is 7.63. The van der Waals surface area contributed by atoms with Crippen LogP contribution in [0.4, 0.5) is 8.78 Å². The van der Waals surface area contributed by atoms with E-state index >= 15 is 0 Å². The van der Waals surface area contributed by atoms with Crippen LogP contribution < -0.4 is 0 Å². The molecule has 2 heterocycles. The quantitative estimate of drug-likeness (QED) is 0.530. The Kier molecular flexibility index (Phi) is 8.18. The van der Waals surface area contributed by atoms with Crippen LogP contribution >= 0.6 is 0 Å². The molecule has 1 amide bonds. The van der Waals surface area contributed by atoms with E-state index in [2.05, 4.69) is 4.98 Å². The van der Waals surface area contributed by atoms with E-state index < -0.39 is 28.9 Å². The van der Waals surface area contributed by atoms with E-state index in [0.29, 0.717) is 24.4 Å². The van der Waals surface area contributed by atoms with Crippen molar-refractivity contribution in [3.05, 3.63) is 24.0 Å². The number of fused-ring (bicyclic) bond motifs is 1. The maximum absolute atomic E-state index is 13.0. The summed E-state index contributed by atoms with van der Waals surface area (Å²) in [4.78, 5) is 18.3. The second-order valence-electron chi connectivity index (χ2n) is 7.93. The fraction of sp³-hybridized carbons (Fsp3) is 0.619. The van der Waals surface area contributed by atoms with Crippen LogP contribution in [0, 0.1) is 0 Å². The fourth-order valence-electron chi connectivity index (χ4n) is 3.93. The number of aromatic nitrogens is 2. The molecule has 0 unspecified atom stereocenters. The summed E-state index contributed by atoms with van der Waals surface area (Å²) in [6.07, 6.45) is 0.407. The zero-order valence-electron chi connectivity index (χ0n) is 18.5. The topological polar surface area (TPSA) is 84.7 Å². The second kappa shape index (κ2) is 10.7. The Morgan fingerprint density at radius 1 is 1.25 bits per heavy atom. The Morgan fingerprint density at radius 2 is 1.97 bits per heavy atom. The Morgan fingerprint density at radius 3 is 2.62 bits per heavy atom. The van der Waals surface area contributed by atoms with Crippen molar-refractivity contribution in [3.8, 4) is 0 Å². The van der Waals surface area contributed by atoms with E-state index in [0.717, 1.165) is 29.7 Å². The molecule has 0 spiro atoms. The summed E-state index contributed by atoms with van der Waals surface area (Å²) < 4.78 is 59.7. The Labute approximate surface area is 187 Å². The number of imidazole rings is 1. The number of amides is 1. The molecule has 2 aromatic rings. The van der Waals surface area contributed by atoms with Gasteiger partial charge < -0.3 is 14.2 Å². The van der Waals surface area contributed by atoms with Crippen molar-refractivity contribution in [1.82, 2.24) is 18.8 Å². The van der Waals surface area contributed by atoms with Crippen molar-refractivity contribution < 1.29 is 26.7 Å². The third kappa shape index (κ3) is 5.62. The van der Waals surface area contributed by atoms with E-state index in [1.54, 1.807) is 29.8 Å². The van der Waals surface area contributed by atoms with Crippen LogP contribution in [0.5, 0.6) is 0 Å². The van der Waals surface area contributed by atoms with Crippen LogP contribution in [0.3, 0.4) is 0 Å². The number of hydrogen-bond acceptors (Lipinski definition) is 5. The molecule has 0 radical (unpaired) electrons. The molecule has 11 heteroatoms. The van der Waals surface area contributed by atoms with Gasteiger partial charge in [-0.05, 0) is 31.0 Å². The van der Waals surface area contributed by atoms with Gasteiger partial charge in [-0.1, -0.05) is 6.42 Å². The minimum Gasteiger partial charge on any atom is -0.383 e. The minimum atomic E-state index is -3.57. The van der Waals surface area contributed by atoms with Gasteiger partial charge in [0.2, 0.25) is 15.9 Å². The minimum absolute atomic E-state index is 0.0204. The molecule has 1 saturated heterocycles. The molecule has 1 aliphatic heterocycles. The van der Waals surface area contributed by atoms with Crippen LogP contribution in [0.2, 0.25) is 0 Å². The predicted octanol–water partition coefficient (Wildman–Crippen LogP) is 2.42. The number of rotatable bonds is 10. The Bertz CT molecular complexity index is 1040. The second-order valence-corrected chi connectivity index (χ2v) is 9.86. The summed E-state index contributed by atoms with van der Waals surface area (Å²) in [6, 6.07) is 4.86. The molecule has 0 N–H and O–H groups in total. The lowest BCUT2D eigenvalue weighted by Gasteiger charge is -2.25. The predicted molar refractivity (Wildman–Crippen MR) is 116 cm³/mol. The molecule has 0 atom stereocenters. The molecule has 0 aliphatic carbocycles. The number of nitrogens with zero attached hydrogens (tertiary/aromatic N) is 4. The zero-order valence-corrected chi connectivity index (χ0v) is 19.3. The summed E-state index contributed by atoms with van der Waals surface area (Å²) in [5.74, 6) is 0.187. The first kappa shape index (κ1) is 24.5. The van der Waals surface area contributed by atoms with Gasteiger partial charge in [0.25, 0.3) is 6.43 Å². The van der Waals surface area contributed by atoms with Crippen molar-refractivity contribution >= 4 is 27.0 Å². The van der Waals surface area contributed by atoms with Gasteiger partial charge in [-0.15, -0.1) is 0 Å². The number of benzene rings is 1. The van der Waals surface area contributed by atoms with E-state index in [1.165, 1.54) is 11.4 Å². The summed E-state index contributed by atoms with van der Waals surface area (Å²) >= 11 is 0. The van der Waals surface area contributed by atoms with Gasteiger partial charge in [-0.25, -0.2) is 22.2 Å². The number of sulfonamides is 1. The number of piperidine rings is 1. The number of ether oxygens (including phenoxy) is 1. The van der Waals surface area contributed by atoms with Gasteiger partial charge in [-0.2, -0.15) is 4.31 Å². The van der Waals surface area contributed by atoms with Gasteiger partial charge in [0.05, 0.1) is 29.1 Å². The number of alkyl halides is 2. The van der Waals surface area contributed by atoms with Crippen LogP contribution in [0.1, 0.15) is 31.5 Å². The van der Waals surface area contributed by atoms with Crippen molar-refractivity contribution in [2.24, 2.45) is 7.05 Å². The molecule has 32 heavy (non-hydrogen) atoms. The highest BCUT2D eigenvalue weighted by atomic mass is 32.2. The van der Waals surface area contributed by atoms with Crippen molar-refractivity contribution in [2.45, 2.75) is 43.4 Å². The molecule has 1 aliphatic rings. The van der Waals surface area contributed by atoms with Gasteiger partial charge >= 0.3 is 0 Å². The average molecular weight is 473 g/mol. The van der Waals surface area contributed by atoms with Crippen LogP contribution in [-0.2, 0) is 33.0 Å². The van der Waals surface area contributed by atoms with Crippen LogP contribution in [0.15, 0.2) is 23.1 Å². The summed E-state index contributed by atoms with van der Waals surface area (Å²) in [6.45, 7) is 0.684. The smallest absolute Gasteiger partial charge is 0.255 e. The molecule has 0 bridgehead atoms. The molecule has 1 aromatic heterocycles. The summed E-state index contributed by atoms with van der Waals surface area (Å²) in [5.41, 5.74) is 1.27. The average Bonchev–Trinajstić information content (AvgIpc) is 3.10. The first-order valence-corrected chi connectivity index (χ1v) is 12.2. The van der Waals surface area contributed by atoms with Crippen molar-refractivity contribution in [2.75, 3.05) is 39.9 Å². The molecular formula is C21H30F2N4O4S. The number of methoxy groups -OCH3 is 1. The Balaban J connectivity index is 1.75. The van der Waals surface area contributed by atoms with Gasteiger partial charge in [0.1, 0.15) is 5.82 Å². The first-order valence-electron chi connectivity index (χ1n) is 10.7. The summed E-state index contributed by atoms with van der Waals surface area (Å²) in [5, 5.41) is 0. The normalized spacial score (nSPS) is 15.5. The molecule has 1 aromatic carbocycles. The van der Waals surface area contributed by atoms with E-state index in [1.807, 2.05) is 0 Å². The molecule has 3 rings (SSSR count). The molecule has 1 fully saturated rings. The largest absolute Gasteiger partial charge is 0.383 e. The lowest BCUT2D eigenvalue weighted by atomic mass is 10.2. The monoisotopic (exact) mass is 472 g/mol. The lowest BCUT2D eigenvalue weighted by molar-refractivity contribution is -0.133. The maximum Gasteiger partial charge on any atom is 0.255 e. The fourth-order valence-corrected chi connectivity index (χ4v) is 5.47. The number of carbonyl (C=O) groups excluding carboxylic acids is 1. The number of halogens is 2. The van der Waals surface area contributed by atoms with Crippen molar-refractivity contribution in [1.29, 1.82) is 0 Å². The molecule has 8 nitrogen and oxygen atoms in total. The highest BCUT2D eigenvalue weighted by Crippen LogP contribution is 2.25. The Hall–Kier alpha value is -2.11. The summed E-state index contributed by atoms with van der Waals surface area (Å²) in [7, 11) is -0.338. The van der Waals surface area contributed by atoms with Gasteiger partial charge in [0.15, 0.2) is 0 Å². The van der Waals surface area contributed by atoms with Crippen LogP contribution in [-0.4, -0.2) is 79.4 Å². The molecular weight excluding hydrogens is 442 g/mol. The van der Waals surface area contributed by atoms with E-state index in [-0.39, 0.29) is 30.9 Å². The lowest BCUT2D eigenvalue weighted by Crippen LogP contribution is -2.37. The third-order valence-electron chi connectivity index (χ3n) is 5.74. The van der Waals surface area contributed by atoms with Crippen LogP contribution in [0.25, 0.3) is 11.0 Å². The van der Waals surface area contributed by atoms with Crippen molar-refractivity contribution in [3.63, 3.8) is 0 Å². The zero-order chi connectivity index (χ0) is 23.3. The molecule has 0 saturated carbocycles. The maximum atomic E-state index is 13.0. The molecule has 178 valence electrons. The highest BCUT2D eigenvalue weighted by Gasteiger charge is 2.26. The number of hydrogen-bond donors (Lipinski definition) is 0. The number of aryl methyl sites for hydroxylation is 2. The van der Waals surface area contributed by atoms with E-state index in [9.17, 15) is 22.0 Å². The highest BCUT2D eigenvalue weighted by molar-refractivity contribution is 7.89. The van der Waals surface area contributed by atoms with E-state index in [4.69, 9.17) is 4.74 Å². The SMILES string of the molecule is COCCN(CC(F)F)C(=O)CCc1nc2cc(S(=O)(=O)N3CCCCC3)ccc2n1C. The van der Waals surface area contributed by atoms with Gasteiger partial charge in [-0.3, -0.25) is 4.79 Å². The first-order chi connectivity index (χ1) is 15.2.